The Balaban J connectivity index is 0.000000169. The third-order valence-corrected chi connectivity index (χ3v) is 8.74. The van der Waals surface area contributed by atoms with Gasteiger partial charge in [-0.05, 0) is 64.7 Å². The van der Waals surface area contributed by atoms with E-state index in [0.29, 0.717) is 0 Å². The molecule has 1 atom stereocenters. The van der Waals surface area contributed by atoms with Gasteiger partial charge in [-0.2, -0.15) is 0 Å². The zero-order valence-corrected chi connectivity index (χ0v) is 29.8. The molecule has 0 saturated heterocycles. The second kappa shape index (κ2) is 14.9. The van der Waals surface area contributed by atoms with Gasteiger partial charge in [-0.3, -0.25) is 4.39 Å². The molecule has 1 radical (unpaired) electrons. The molecular formula is C44H33FIrN2O-2. The maximum Gasteiger partial charge on any atom is 0.120 e. The van der Waals surface area contributed by atoms with Crippen molar-refractivity contribution in [3.8, 4) is 33.6 Å². The third kappa shape index (κ3) is 7.15. The van der Waals surface area contributed by atoms with E-state index in [1.54, 1.807) is 6.07 Å². The molecule has 0 bridgehead atoms. The van der Waals surface area contributed by atoms with Crippen molar-refractivity contribution in [3.05, 3.63) is 180 Å². The van der Waals surface area contributed by atoms with Gasteiger partial charge in [0.25, 0.3) is 0 Å². The first kappa shape index (κ1) is 33.7. The average molecular weight is 817 g/mol. The topological polar surface area (TPSA) is 38.9 Å². The number of fused-ring (bicyclic) bond motifs is 3. The largest absolute Gasteiger partial charge is 0.501 e. The summed E-state index contributed by atoms with van der Waals surface area (Å²) in [6.07, 6.45) is 3.80. The zero-order valence-electron chi connectivity index (χ0n) is 27.4. The van der Waals surface area contributed by atoms with Gasteiger partial charge in [-0.25, -0.2) is 0 Å². The van der Waals surface area contributed by atoms with Crippen LogP contribution in [0.2, 0.25) is 0 Å². The summed E-state index contributed by atoms with van der Waals surface area (Å²) in [6, 6.07) is 47.9. The second-order valence-electron chi connectivity index (χ2n) is 11.9. The molecule has 0 fully saturated rings. The van der Waals surface area contributed by atoms with Crippen molar-refractivity contribution in [2.75, 3.05) is 0 Å². The van der Waals surface area contributed by atoms with Gasteiger partial charge in [0, 0.05) is 49.6 Å². The maximum absolute atomic E-state index is 13.0. The standard InChI is InChI=1S/C24H16NO.C20H17FN.Ir/c1-16-15-25-22(14-21(16)17-8-3-2-4-9-17)20-12-7-11-19-18-10-5-6-13-23(18)26-24(19)20;1-14-13-22-20(17-8-10-18(21)11-9-17)12-19(14)15(2)16-6-4-3-5-7-16;/h2-11,13-15H,1H3;3-8,10-13,15H,1-2H3;/q2*-1;. The molecule has 3 nitrogen and oxygen atoms in total. The Labute approximate surface area is 299 Å². The Hall–Kier alpha value is -5.22. The van der Waals surface area contributed by atoms with Crippen molar-refractivity contribution < 1.29 is 28.9 Å². The Kier molecular flexibility index (Phi) is 10.2. The molecule has 0 saturated carbocycles. The molecule has 0 aliphatic carbocycles. The molecule has 0 aliphatic heterocycles. The summed E-state index contributed by atoms with van der Waals surface area (Å²) in [5.74, 6) is -0.00265. The van der Waals surface area contributed by atoms with Crippen LogP contribution in [-0.4, -0.2) is 9.97 Å². The SMILES string of the molecule is Cc1cnc(-c2[c-]cc(F)cc2)cc1C(C)c1ccccc1.Cc1cnc(-c2[c-]ccc3c2oc2ccccc23)cc1-c1ccccc1.[Ir]. The Bertz CT molecular complexity index is 2330. The summed E-state index contributed by atoms with van der Waals surface area (Å²) >= 11 is 0. The first-order chi connectivity index (χ1) is 23.5. The van der Waals surface area contributed by atoms with Gasteiger partial charge in [0.1, 0.15) is 5.58 Å². The van der Waals surface area contributed by atoms with Crippen molar-refractivity contribution in [2.45, 2.75) is 26.7 Å². The predicted molar refractivity (Wildman–Crippen MR) is 193 cm³/mol. The van der Waals surface area contributed by atoms with Gasteiger partial charge in [-0.1, -0.05) is 109 Å². The number of hydrogen-bond donors (Lipinski definition) is 0. The monoisotopic (exact) mass is 817 g/mol. The van der Waals surface area contributed by atoms with Gasteiger partial charge < -0.3 is 14.4 Å². The van der Waals surface area contributed by atoms with Crippen LogP contribution in [0.3, 0.4) is 0 Å². The summed E-state index contributed by atoms with van der Waals surface area (Å²) in [7, 11) is 0. The summed E-state index contributed by atoms with van der Waals surface area (Å²) in [4.78, 5) is 9.12. The number of hydrogen-bond acceptors (Lipinski definition) is 3. The van der Waals surface area contributed by atoms with Gasteiger partial charge in [-0.15, -0.1) is 48.0 Å². The maximum atomic E-state index is 13.0. The van der Waals surface area contributed by atoms with E-state index in [0.717, 1.165) is 55.6 Å². The Morgan fingerprint density at radius 1 is 0.694 bits per heavy atom. The van der Waals surface area contributed by atoms with Gasteiger partial charge in [0.15, 0.2) is 0 Å². The minimum atomic E-state index is -0.284. The average Bonchev–Trinajstić information content (AvgIpc) is 3.52. The van der Waals surface area contributed by atoms with Crippen LogP contribution in [0.5, 0.6) is 0 Å². The number of aryl methyl sites for hydroxylation is 2. The third-order valence-electron chi connectivity index (χ3n) is 8.74. The van der Waals surface area contributed by atoms with E-state index >= 15 is 0 Å². The Morgan fingerprint density at radius 3 is 2.14 bits per heavy atom. The van der Waals surface area contributed by atoms with Crippen molar-refractivity contribution >= 4 is 21.9 Å². The molecule has 8 aromatic rings. The molecule has 1 unspecified atom stereocenters. The molecule has 0 spiro atoms. The van der Waals surface area contributed by atoms with E-state index in [4.69, 9.17) is 4.42 Å². The first-order valence-corrected chi connectivity index (χ1v) is 16.0. The molecule has 3 aromatic heterocycles. The summed E-state index contributed by atoms with van der Waals surface area (Å²) < 4.78 is 19.2. The number of aromatic nitrogens is 2. The molecule has 0 N–H and O–H groups in total. The smallest absolute Gasteiger partial charge is 0.120 e. The summed E-state index contributed by atoms with van der Waals surface area (Å²) in [5, 5.41) is 2.21. The molecule has 49 heavy (non-hydrogen) atoms. The predicted octanol–water partition coefficient (Wildman–Crippen LogP) is 11.6. The van der Waals surface area contributed by atoms with Gasteiger partial charge >= 0.3 is 0 Å². The molecule has 3 heterocycles. The molecular weight excluding hydrogens is 784 g/mol. The van der Waals surface area contributed by atoms with Crippen molar-refractivity contribution in [1.82, 2.24) is 9.97 Å². The molecule has 243 valence electrons. The van der Waals surface area contributed by atoms with Crippen molar-refractivity contribution in [1.29, 1.82) is 0 Å². The fourth-order valence-corrected chi connectivity index (χ4v) is 6.11. The number of para-hydroxylation sites is 1. The van der Waals surface area contributed by atoms with Gasteiger partial charge in [0.05, 0.1) is 5.58 Å². The molecule has 5 heteroatoms. The number of nitrogens with zero attached hydrogens (tertiary/aromatic N) is 2. The van der Waals surface area contributed by atoms with E-state index in [1.165, 1.54) is 34.4 Å². The van der Waals surface area contributed by atoms with Crippen LogP contribution in [0.15, 0.2) is 144 Å². The fraction of sp³-hybridized carbons (Fsp3) is 0.0909. The molecule has 8 rings (SSSR count). The van der Waals surface area contributed by atoms with Crippen LogP contribution in [0, 0.1) is 31.8 Å². The molecule has 0 aliphatic rings. The van der Waals surface area contributed by atoms with Crippen molar-refractivity contribution in [2.24, 2.45) is 0 Å². The van der Waals surface area contributed by atoms with E-state index in [2.05, 4.69) is 116 Å². The number of rotatable bonds is 5. The van der Waals surface area contributed by atoms with E-state index in [9.17, 15) is 4.39 Å². The van der Waals surface area contributed by atoms with E-state index in [1.807, 2.05) is 48.8 Å². The van der Waals surface area contributed by atoms with Crippen LogP contribution < -0.4 is 0 Å². The van der Waals surface area contributed by atoms with Crippen LogP contribution in [0.25, 0.3) is 55.6 Å². The van der Waals surface area contributed by atoms with Crippen LogP contribution >= 0.6 is 0 Å². The number of pyridine rings is 2. The number of benzene rings is 5. The minimum absolute atomic E-state index is 0. The second-order valence-corrected chi connectivity index (χ2v) is 11.9. The van der Waals surface area contributed by atoms with Crippen LogP contribution in [0.4, 0.5) is 4.39 Å². The molecule has 5 aromatic carbocycles. The van der Waals surface area contributed by atoms with E-state index in [-0.39, 0.29) is 31.8 Å². The minimum Gasteiger partial charge on any atom is -0.501 e. The van der Waals surface area contributed by atoms with Gasteiger partial charge in [0.2, 0.25) is 0 Å². The van der Waals surface area contributed by atoms with Crippen LogP contribution in [0.1, 0.15) is 35.1 Å². The first-order valence-electron chi connectivity index (χ1n) is 16.0. The van der Waals surface area contributed by atoms with E-state index < -0.39 is 0 Å². The number of furan rings is 1. The number of halogens is 1. The molecule has 0 amide bonds. The zero-order chi connectivity index (χ0) is 33.0. The quantitative estimate of drug-likeness (QED) is 0.162. The normalized spacial score (nSPS) is 11.4. The summed E-state index contributed by atoms with van der Waals surface area (Å²) in [6.45, 7) is 6.35. The van der Waals surface area contributed by atoms with Crippen LogP contribution in [-0.2, 0) is 20.1 Å². The Morgan fingerprint density at radius 2 is 1.39 bits per heavy atom. The summed E-state index contributed by atoms with van der Waals surface area (Å²) in [5.41, 5.74) is 12.3. The van der Waals surface area contributed by atoms with Crippen molar-refractivity contribution in [3.63, 3.8) is 0 Å². The fourth-order valence-electron chi connectivity index (χ4n) is 6.11.